The van der Waals surface area contributed by atoms with Gasteiger partial charge in [0.15, 0.2) is 11.6 Å². The highest BCUT2D eigenvalue weighted by molar-refractivity contribution is 6.13. The number of allylic oxidation sites excluding steroid dienone is 1. The van der Waals surface area contributed by atoms with Crippen molar-refractivity contribution in [2.75, 3.05) is 5.73 Å². The third-order valence-corrected chi connectivity index (χ3v) is 2.80. The van der Waals surface area contributed by atoms with Gasteiger partial charge in [-0.25, -0.2) is 0 Å². The van der Waals surface area contributed by atoms with Gasteiger partial charge in [-0.3, -0.25) is 9.59 Å². The van der Waals surface area contributed by atoms with Crippen molar-refractivity contribution in [3.8, 4) is 0 Å². The number of benzene rings is 2. The van der Waals surface area contributed by atoms with Crippen LogP contribution in [0.1, 0.15) is 26.3 Å². The van der Waals surface area contributed by atoms with Gasteiger partial charge in [0.2, 0.25) is 0 Å². The highest BCUT2D eigenvalue weighted by atomic mass is 16.1. The normalized spacial score (nSPS) is 9.89. The Morgan fingerprint density at radius 3 is 2.26 bits per heavy atom. The summed E-state index contributed by atoms with van der Waals surface area (Å²) < 4.78 is 0. The predicted octanol–water partition coefficient (Wildman–Crippen LogP) is 2.87. The first-order valence-electron chi connectivity index (χ1n) is 5.79. The van der Waals surface area contributed by atoms with Gasteiger partial charge in [-0.1, -0.05) is 43.0 Å². The molecule has 0 radical (unpaired) electrons. The van der Waals surface area contributed by atoms with Crippen LogP contribution in [0.15, 0.2) is 61.2 Å². The Labute approximate surface area is 111 Å². The summed E-state index contributed by atoms with van der Waals surface area (Å²) in [6.07, 6.45) is 1.22. The van der Waals surface area contributed by atoms with Gasteiger partial charge in [-0.15, -0.1) is 0 Å². The van der Waals surface area contributed by atoms with Crippen molar-refractivity contribution in [2.24, 2.45) is 0 Å². The lowest BCUT2D eigenvalue weighted by atomic mass is 9.99. The highest BCUT2D eigenvalue weighted by Crippen LogP contribution is 2.19. The first-order chi connectivity index (χ1) is 9.13. The number of nitrogen functional groups attached to an aromatic ring is 1. The van der Waals surface area contributed by atoms with Crippen LogP contribution in [0.3, 0.4) is 0 Å². The number of carbonyl (C=O) groups excluding carboxylic acids is 2. The van der Waals surface area contributed by atoms with Crippen molar-refractivity contribution in [2.45, 2.75) is 0 Å². The molecule has 2 N–H and O–H groups in total. The second-order valence-corrected chi connectivity index (χ2v) is 4.07. The van der Waals surface area contributed by atoms with Gasteiger partial charge >= 0.3 is 0 Å². The molecule has 2 rings (SSSR count). The molecule has 0 bridgehead atoms. The van der Waals surface area contributed by atoms with E-state index in [0.717, 1.165) is 0 Å². The summed E-state index contributed by atoms with van der Waals surface area (Å²) in [5.74, 6) is -0.374. The average molecular weight is 251 g/mol. The molecule has 0 saturated heterocycles. The topological polar surface area (TPSA) is 60.2 Å². The maximum atomic E-state index is 12.2. The molecule has 0 atom stereocenters. The smallest absolute Gasteiger partial charge is 0.195 e. The van der Waals surface area contributed by atoms with Crippen LogP contribution in [0.5, 0.6) is 0 Å². The molecular formula is C16H13NO2. The molecule has 0 aliphatic rings. The zero-order valence-corrected chi connectivity index (χ0v) is 10.3. The lowest BCUT2D eigenvalue weighted by Crippen LogP contribution is -2.07. The monoisotopic (exact) mass is 251 g/mol. The second kappa shape index (κ2) is 5.31. The zero-order valence-electron chi connectivity index (χ0n) is 10.3. The second-order valence-electron chi connectivity index (χ2n) is 4.07. The molecule has 2 aromatic rings. The van der Waals surface area contributed by atoms with Crippen molar-refractivity contribution in [3.05, 3.63) is 77.9 Å². The largest absolute Gasteiger partial charge is 0.398 e. The van der Waals surface area contributed by atoms with Crippen LogP contribution in [0.2, 0.25) is 0 Å². The van der Waals surface area contributed by atoms with Crippen LogP contribution < -0.4 is 5.73 Å². The van der Waals surface area contributed by atoms with E-state index in [-0.39, 0.29) is 11.6 Å². The lowest BCUT2D eigenvalue weighted by Gasteiger charge is -2.06. The fraction of sp³-hybridized carbons (Fsp3) is 0. The third-order valence-electron chi connectivity index (χ3n) is 2.80. The Morgan fingerprint density at radius 1 is 1.00 bits per heavy atom. The van der Waals surface area contributed by atoms with Crippen molar-refractivity contribution in [3.63, 3.8) is 0 Å². The van der Waals surface area contributed by atoms with E-state index in [1.807, 2.05) is 6.07 Å². The SMILES string of the molecule is C=CC(=O)c1ccc(C(=O)c2ccccc2)c(N)c1. The van der Waals surface area contributed by atoms with Crippen LogP contribution in [-0.2, 0) is 0 Å². The van der Waals surface area contributed by atoms with Gasteiger partial charge in [0, 0.05) is 22.4 Å². The summed E-state index contributed by atoms with van der Waals surface area (Å²) >= 11 is 0. The van der Waals surface area contributed by atoms with Crippen molar-refractivity contribution in [1.82, 2.24) is 0 Å². The van der Waals surface area contributed by atoms with Gasteiger partial charge in [0.25, 0.3) is 0 Å². The molecule has 0 unspecified atom stereocenters. The fourth-order valence-corrected chi connectivity index (χ4v) is 1.79. The maximum absolute atomic E-state index is 12.2. The Morgan fingerprint density at radius 2 is 1.68 bits per heavy atom. The molecule has 0 amide bonds. The summed E-state index contributed by atoms with van der Waals surface area (Å²) in [7, 11) is 0. The summed E-state index contributed by atoms with van der Waals surface area (Å²) in [6, 6.07) is 13.5. The summed E-state index contributed by atoms with van der Waals surface area (Å²) in [4.78, 5) is 23.7. The molecular weight excluding hydrogens is 238 g/mol. The van der Waals surface area contributed by atoms with Crippen LogP contribution in [0, 0.1) is 0 Å². The minimum absolute atomic E-state index is 0.157. The third kappa shape index (κ3) is 2.60. The fourth-order valence-electron chi connectivity index (χ4n) is 1.79. The van der Waals surface area contributed by atoms with E-state index in [1.165, 1.54) is 12.1 Å². The summed E-state index contributed by atoms with van der Waals surface area (Å²) in [5, 5.41) is 0. The van der Waals surface area contributed by atoms with Gasteiger partial charge in [-0.2, -0.15) is 0 Å². The number of carbonyl (C=O) groups is 2. The lowest BCUT2D eigenvalue weighted by molar-refractivity contribution is 0.103. The molecule has 0 fully saturated rings. The Hall–Kier alpha value is -2.68. The molecule has 0 spiro atoms. The van der Waals surface area contributed by atoms with Gasteiger partial charge in [-0.05, 0) is 18.2 Å². The Balaban J connectivity index is 2.39. The number of hydrogen-bond donors (Lipinski definition) is 1. The van der Waals surface area contributed by atoms with Crippen molar-refractivity contribution in [1.29, 1.82) is 0 Å². The molecule has 2 aromatic carbocycles. The first kappa shape index (κ1) is 12.8. The predicted molar refractivity (Wildman–Crippen MR) is 75.3 cm³/mol. The van der Waals surface area contributed by atoms with Crippen molar-refractivity contribution >= 4 is 17.3 Å². The standard InChI is InChI=1S/C16H13NO2/c1-2-15(18)12-8-9-13(14(17)10-12)16(19)11-6-4-3-5-7-11/h2-10H,1,17H2. The summed E-state index contributed by atoms with van der Waals surface area (Å²) in [6.45, 7) is 3.41. The summed E-state index contributed by atoms with van der Waals surface area (Å²) in [5.41, 5.74) is 7.53. The number of nitrogens with two attached hydrogens (primary N) is 1. The van der Waals surface area contributed by atoms with E-state index in [9.17, 15) is 9.59 Å². The number of ketones is 2. The minimum atomic E-state index is -0.217. The van der Waals surface area contributed by atoms with Crippen LogP contribution >= 0.6 is 0 Å². The molecule has 0 aliphatic heterocycles. The highest BCUT2D eigenvalue weighted by Gasteiger charge is 2.13. The first-order valence-corrected chi connectivity index (χ1v) is 5.79. The molecule has 0 saturated carbocycles. The number of hydrogen-bond acceptors (Lipinski definition) is 3. The average Bonchev–Trinajstić information content (AvgIpc) is 2.46. The Kier molecular flexibility index (Phi) is 3.57. The van der Waals surface area contributed by atoms with E-state index in [0.29, 0.717) is 22.4 Å². The van der Waals surface area contributed by atoms with E-state index >= 15 is 0 Å². The quantitative estimate of drug-likeness (QED) is 0.516. The number of rotatable bonds is 4. The molecule has 3 nitrogen and oxygen atoms in total. The van der Waals surface area contributed by atoms with Crippen LogP contribution in [0.4, 0.5) is 5.69 Å². The van der Waals surface area contributed by atoms with Crippen LogP contribution in [-0.4, -0.2) is 11.6 Å². The maximum Gasteiger partial charge on any atom is 0.195 e. The van der Waals surface area contributed by atoms with E-state index in [2.05, 4.69) is 6.58 Å². The van der Waals surface area contributed by atoms with Crippen LogP contribution in [0.25, 0.3) is 0 Å². The Bertz CT molecular complexity index is 645. The van der Waals surface area contributed by atoms with E-state index in [4.69, 9.17) is 5.73 Å². The molecule has 0 aliphatic carbocycles. The minimum Gasteiger partial charge on any atom is -0.398 e. The van der Waals surface area contributed by atoms with Gasteiger partial charge < -0.3 is 5.73 Å². The van der Waals surface area contributed by atoms with E-state index in [1.54, 1.807) is 36.4 Å². The van der Waals surface area contributed by atoms with Gasteiger partial charge in [0.1, 0.15) is 0 Å². The molecule has 0 aromatic heterocycles. The molecule has 19 heavy (non-hydrogen) atoms. The molecule has 94 valence electrons. The van der Waals surface area contributed by atoms with Crippen molar-refractivity contribution < 1.29 is 9.59 Å². The van der Waals surface area contributed by atoms with E-state index < -0.39 is 0 Å². The van der Waals surface area contributed by atoms with Gasteiger partial charge in [0.05, 0.1) is 0 Å². The number of anilines is 1. The molecule has 0 heterocycles. The molecule has 3 heteroatoms. The zero-order chi connectivity index (χ0) is 13.8.